The summed E-state index contributed by atoms with van der Waals surface area (Å²) in [5.74, 6) is 0.634. The summed E-state index contributed by atoms with van der Waals surface area (Å²) in [6, 6.07) is 9.60. The number of pyridine rings is 1. The highest BCUT2D eigenvalue weighted by atomic mass is 127. The molecule has 1 heterocycles. The number of aromatic nitrogens is 1. The predicted molar refractivity (Wildman–Crippen MR) is 75.1 cm³/mol. The lowest BCUT2D eigenvalue weighted by Crippen LogP contribution is -1.93. The van der Waals surface area contributed by atoms with Gasteiger partial charge in [0.15, 0.2) is 0 Å². The molecule has 0 saturated heterocycles. The van der Waals surface area contributed by atoms with Crippen molar-refractivity contribution in [3.05, 3.63) is 55.2 Å². The Bertz CT molecular complexity index is 589. The molecule has 0 aliphatic carbocycles. The maximum absolute atomic E-state index is 10.7. The molecule has 5 nitrogen and oxygen atoms in total. The molecular formula is C11H6ClIN2O3. The minimum Gasteiger partial charge on any atom is -0.439 e. The molecule has 2 aromatic rings. The first-order valence-corrected chi connectivity index (χ1v) is 6.25. The Balaban J connectivity index is 2.28. The number of nitro groups is 1. The molecule has 0 atom stereocenters. The predicted octanol–water partition coefficient (Wildman–Crippen LogP) is 4.04. The second kappa shape index (κ2) is 5.49. The highest BCUT2D eigenvalue weighted by molar-refractivity contribution is 14.1. The van der Waals surface area contributed by atoms with Crippen LogP contribution in [0.5, 0.6) is 11.6 Å². The van der Waals surface area contributed by atoms with Crippen molar-refractivity contribution in [3.63, 3.8) is 0 Å². The number of rotatable bonds is 3. The van der Waals surface area contributed by atoms with Gasteiger partial charge in [-0.05, 0) is 46.9 Å². The molecular weight excluding hydrogens is 370 g/mol. The molecule has 0 unspecified atom stereocenters. The summed E-state index contributed by atoms with van der Waals surface area (Å²) in [4.78, 5) is 14.0. The molecule has 0 bridgehead atoms. The first kappa shape index (κ1) is 13.0. The van der Waals surface area contributed by atoms with Crippen LogP contribution in [0.15, 0.2) is 36.4 Å². The molecule has 18 heavy (non-hydrogen) atoms. The SMILES string of the molecule is O=[N+]([O-])c1cc(Cl)nc(Oc2ccc(I)cc2)c1. The molecule has 1 aromatic heterocycles. The van der Waals surface area contributed by atoms with Gasteiger partial charge >= 0.3 is 0 Å². The van der Waals surface area contributed by atoms with E-state index in [1.807, 2.05) is 12.1 Å². The molecule has 0 fully saturated rings. The zero-order valence-corrected chi connectivity index (χ0v) is 11.8. The van der Waals surface area contributed by atoms with E-state index >= 15 is 0 Å². The second-order valence-electron chi connectivity index (χ2n) is 3.30. The fourth-order valence-corrected chi connectivity index (χ4v) is 1.80. The molecule has 0 radical (unpaired) electrons. The summed E-state index contributed by atoms with van der Waals surface area (Å²) in [5, 5.41) is 10.7. The van der Waals surface area contributed by atoms with Crippen molar-refractivity contribution in [1.82, 2.24) is 4.98 Å². The summed E-state index contributed by atoms with van der Waals surface area (Å²) >= 11 is 7.85. The molecule has 0 aliphatic rings. The largest absolute Gasteiger partial charge is 0.439 e. The lowest BCUT2D eigenvalue weighted by Gasteiger charge is -2.04. The van der Waals surface area contributed by atoms with Crippen molar-refractivity contribution in [2.45, 2.75) is 0 Å². The molecule has 0 amide bonds. The fraction of sp³-hybridized carbons (Fsp3) is 0. The molecule has 2 rings (SSSR count). The Morgan fingerprint density at radius 1 is 1.28 bits per heavy atom. The van der Waals surface area contributed by atoms with Crippen LogP contribution >= 0.6 is 34.2 Å². The van der Waals surface area contributed by atoms with Crippen LogP contribution in [0.3, 0.4) is 0 Å². The quantitative estimate of drug-likeness (QED) is 0.351. The van der Waals surface area contributed by atoms with Crippen molar-refractivity contribution in [2.24, 2.45) is 0 Å². The zero-order chi connectivity index (χ0) is 13.1. The Hall–Kier alpha value is -1.41. The van der Waals surface area contributed by atoms with Gasteiger partial charge in [0.2, 0.25) is 5.88 Å². The minimum absolute atomic E-state index is 0.0183. The van der Waals surface area contributed by atoms with Gasteiger partial charge < -0.3 is 4.74 Å². The van der Waals surface area contributed by atoms with Crippen LogP contribution in [0.4, 0.5) is 5.69 Å². The van der Waals surface area contributed by atoms with Crippen LogP contribution in [0.25, 0.3) is 0 Å². The molecule has 0 spiro atoms. The van der Waals surface area contributed by atoms with Crippen LogP contribution in [-0.2, 0) is 0 Å². The van der Waals surface area contributed by atoms with Crippen molar-refractivity contribution < 1.29 is 9.66 Å². The average Bonchev–Trinajstić information content (AvgIpc) is 2.31. The number of benzene rings is 1. The van der Waals surface area contributed by atoms with Crippen molar-refractivity contribution >= 4 is 39.9 Å². The van der Waals surface area contributed by atoms with E-state index in [9.17, 15) is 10.1 Å². The molecule has 7 heteroatoms. The van der Waals surface area contributed by atoms with Gasteiger partial charge in [-0.15, -0.1) is 0 Å². The van der Waals surface area contributed by atoms with E-state index < -0.39 is 4.92 Å². The average molecular weight is 377 g/mol. The van der Waals surface area contributed by atoms with E-state index in [0.717, 1.165) is 3.57 Å². The summed E-state index contributed by atoms with van der Waals surface area (Å²) < 4.78 is 6.46. The van der Waals surface area contributed by atoms with Gasteiger partial charge in [0.1, 0.15) is 10.9 Å². The third-order valence-corrected chi connectivity index (χ3v) is 2.92. The van der Waals surface area contributed by atoms with Gasteiger partial charge in [0, 0.05) is 3.57 Å². The topological polar surface area (TPSA) is 65.3 Å². The Morgan fingerprint density at radius 2 is 1.94 bits per heavy atom. The summed E-state index contributed by atoms with van der Waals surface area (Å²) in [5.41, 5.74) is -0.157. The number of halogens is 2. The van der Waals surface area contributed by atoms with E-state index in [1.54, 1.807) is 12.1 Å². The zero-order valence-electron chi connectivity index (χ0n) is 8.84. The monoisotopic (exact) mass is 376 g/mol. The maximum atomic E-state index is 10.7. The van der Waals surface area contributed by atoms with Gasteiger partial charge in [-0.2, -0.15) is 0 Å². The van der Waals surface area contributed by atoms with Crippen LogP contribution in [0, 0.1) is 13.7 Å². The Kier molecular flexibility index (Phi) is 3.97. The highest BCUT2D eigenvalue weighted by Crippen LogP contribution is 2.26. The standard InChI is InChI=1S/C11H6ClIN2O3/c12-10-5-8(15(16)17)6-11(14-10)18-9-3-1-7(13)2-4-9/h1-6H. The summed E-state index contributed by atoms with van der Waals surface area (Å²) in [6.45, 7) is 0. The lowest BCUT2D eigenvalue weighted by molar-refractivity contribution is -0.385. The van der Waals surface area contributed by atoms with Crippen molar-refractivity contribution in [3.8, 4) is 11.6 Å². The number of hydrogen-bond donors (Lipinski definition) is 0. The fourth-order valence-electron chi connectivity index (χ4n) is 1.24. The number of hydrogen-bond acceptors (Lipinski definition) is 4. The van der Waals surface area contributed by atoms with E-state index in [-0.39, 0.29) is 16.7 Å². The van der Waals surface area contributed by atoms with Gasteiger partial charge in [-0.3, -0.25) is 10.1 Å². The number of nitrogens with zero attached hydrogens (tertiary/aromatic N) is 2. The third kappa shape index (κ3) is 3.30. The minimum atomic E-state index is -0.547. The highest BCUT2D eigenvalue weighted by Gasteiger charge is 2.11. The van der Waals surface area contributed by atoms with Gasteiger partial charge in [0.05, 0.1) is 17.1 Å². The smallest absolute Gasteiger partial charge is 0.277 e. The van der Waals surface area contributed by atoms with E-state index in [1.165, 1.54) is 12.1 Å². The molecule has 0 aliphatic heterocycles. The lowest BCUT2D eigenvalue weighted by atomic mass is 10.3. The van der Waals surface area contributed by atoms with Crippen molar-refractivity contribution in [1.29, 1.82) is 0 Å². The first-order valence-electron chi connectivity index (χ1n) is 4.80. The van der Waals surface area contributed by atoms with Crippen LogP contribution in [0.2, 0.25) is 5.15 Å². The maximum Gasteiger partial charge on any atom is 0.277 e. The second-order valence-corrected chi connectivity index (χ2v) is 4.93. The van der Waals surface area contributed by atoms with Gasteiger partial charge in [-0.25, -0.2) is 4.98 Å². The van der Waals surface area contributed by atoms with Crippen molar-refractivity contribution in [2.75, 3.05) is 0 Å². The van der Waals surface area contributed by atoms with E-state index in [0.29, 0.717) is 5.75 Å². The molecule has 0 saturated carbocycles. The third-order valence-electron chi connectivity index (χ3n) is 2.00. The van der Waals surface area contributed by atoms with Crippen LogP contribution in [0.1, 0.15) is 0 Å². The van der Waals surface area contributed by atoms with Crippen LogP contribution in [-0.4, -0.2) is 9.91 Å². The van der Waals surface area contributed by atoms with Crippen LogP contribution < -0.4 is 4.74 Å². The molecule has 1 aromatic carbocycles. The molecule has 0 N–H and O–H groups in total. The Labute approximate surface area is 121 Å². The van der Waals surface area contributed by atoms with E-state index in [2.05, 4.69) is 27.6 Å². The normalized spacial score (nSPS) is 10.1. The Morgan fingerprint density at radius 3 is 2.56 bits per heavy atom. The van der Waals surface area contributed by atoms with Gasteiger partial charge in [0.25, 0.3) is 5.69 Å². The number of ether oxygens (including phenoxy) is 1. The molecule has 92 valence electrons. The summed E-state index contributed by atoms with van der Waals surface area (Å²) in [6.07, 6.45) is 0. The van der Waals surface area contributed by atoms with Gasteiger partial charge in [-0.1, -0.05) is 11.6 Å². The van der Waals surface area contributed by atoms with E-state index in [4.69, 9.17) is 16.3 Å². The first-order chi connectivity index (χ1) is 8.54. The summed E-state index contributed by atoms with van der Waals surface area (Å²) in [7, 11) is 0.